The van der Waals surface area contributed by atoms with Crippen molar-refractivity contribution in [2.75, 3.05) is 12.4 Å². The minimum Gasteiger partial charge on any atom is -0.495 e. The molecule has 0 radical (unpaired) electrons. The number of hydrogen-bond donors (Lipinski definition) is 1. The Morgan fingerprint density at radius 2 is 2.00 bits per heavy atom. The molecule has 0 aliphatic rings. The highest BCUT2D eigenvalue weighted by molar-refractivity contribution is 5.92. The molecule has 0 saturated carbocycles. The van der Waals surface area contributed by atoms with Crippen LogP contribution in [-0.4, -0.2) is 23.2 Å². The number of carbonyl (C=O) groups excluding carboxylic acids is 1. The van der Waals surface area contributed by atoms with Gasteiger partial charge in [0.15, 0.2) is 0 Å². The SMILES string of the molecule is COc1ccc(C)cc1NC(=O)CCc1nc(-c2ccccc2)no1. The van der Waals surface area contributed by atoms with Crippen LogP contribution in [0.5, 0.6) is 5.75 Å². The first-order valence-electron chi connectivity index (χ1n) is 7.98. The summed E-state index contributed by atoms with van der Waals surface area (Å²) in [4.78, 5) is 16.5. The number of nitrogens with zero attached hydrogens (tertiary/aromatic N) is 2. The van der Waals surface area contributed by atoms with E-state index in [2.05, 4.69) is 15.5 Å². The summed E-state index contributed by atoms with van der Waals surface area (Å²) in [5.74, 6) is 1.45. The molecule has 3 aromatic rings. The Balaban J connectivity index is 1.60. The van der Waals surface area contributed by atoms with Crippen LogP contribution in [0.1, 0.15) is 17.9 Å². The Bertz CT molecular complexity index is 859. The largest absolute Gasteiger partial charge is 0.495 e. The molecular weight excluding hydrogens is 318 g/mol. The monoisotopic (exact) mass is 337 g/mol. The second kappa shape index (κ2) is 7.61. The van der Waals surface area contributed by atoms with Crippen LogP contribution in [0.2, 0.25) is 0 Å². The lowest BCUT2D eigenvalue weighted by Crippen LogP contribution is -2.13. The highest BCUT2D eigenvalue weighted by Gasteiger charge is 2.12. The predicted molar refractivity (Wildman–Crippen MR) is 94.4 cm³/mol. The quantitative estimate of drug-likeness (QED) is 0.743. The number of carbonyl (C=O) groups is 1. The maximum Gasteiger partial charge on any atom is 0.227 e. The Morgan fingerprint density at radius 3 is 2.76 bits per heavy atom. The van der Waals surface area contributed by atoms with Crippen molar-refractivity contribution in [2.45, 2.75) is 19.8 Å². The number of anilines is 1. The van der Waals surface area contributed by atoms with Gasteiger partial charge < -0.3 is 14.6 Å². The third-order valence-electron chi connectivity index (χ3n) is 3.70. The van der Waals surface area contributed by atoms with Gasteiger partial charge in [0.25, 0.3) is 0 Å². The third kappa shape index (κ3) is 4.23. The van der Waals surface area contributed by atoms with Gasteiger partial charge in [0, 0.05) is 18.4 Å². The summed E-state index contributed by atoms with van der Waals surface area (Å²) in [5, 5.41) is 6.81. The number of aryl methyl sites for hydroxylation is 2. The first-order chi connectivity index (χ1) is 12.2. The molecule has 0 aliphatic carbocycles. The van der Waals surface area contributed by atoms with Crippen LogP contribution in [0.25, 0.3) is 11.4 Å². The summed E-state index contributed by atoms with van der Waals surface area (Å²) in [6.45, 7) is 1.96. The molecule has 1 heterocycles. The lowest BCUT2D eigenvalue weighted by molar-refractivity contribution is -0.116. The lowest BCUT2D eigenvalue weighted by atomic mass is 10.2. The normalized spacial score (nSPS) is 10.5. The van der Waals surface area contributed by atoms with Gasteiger partial charge in [-0.3, -0.25) is 4.79 Å². The fourth-order valence-electron chi connectivity index (χ4n) is 2.41. The molecule has 0 bridgehead atoms. The van der Waals surface area contributed by atoms with Crippen molar-refractivity contribution in [2.24, 2.45) is 0 Å². The minimum atomic E-state index is -0.136. The molecule has 0 aliphatic heterocycles. The highest BCUT2D eigenvalue weighted by Crippen LogP contribution is 2.25. The first-order valence-corrected chi connectivity index (χ1v) is 7.98. The molecular formula is C19H19N3O3. The molecule has 0 unspecified atom stereocenters. The molecule has 2 aromatic carbocycles. The van der Waals surface area contributed by atoms with Crippen LogP contribution in [0.3, 0.4) is 0 Å². The molecule has 0 spiro atoms. The topological polar surface area (TPSA) is 77.2 Å². The molecule has 3 rings (SSSR count). The van der Waals surface area contributed by atoms with Gasteiger partial charge in [-0.2, -0.15) is 4.98 Å². The van der Waals surface area contributed by atoms with Gasteiger partial charge in [0.05, 0.1) is 12.8 Å². The number of rotatable bonds is 6. The van der Waals surface area contributed by atoms with Crippen molar-refractivity contribution in [1.82, 2.24) is 10.1 Å². The van der Waals surface area contributed by atoms with E-state index in [1.165, 1.54) is 0 Å². The van der Waals surface area contributed by atoms with Crippen molar-refractivity contribution in [3.8, 4) is 17.1 Å². The zero-order chi connectivity index (χ0) is 17.6. The van der Waals surface area contributed by atoms with Gasteiger partial charge in [0.2, 0.25) is 17.6 Å². The Kier molecular flexibility index (Phi) is 5.09. The summed E-state index contributed by atoms with van der Waals surface area (Å²) >= 11 is 0. The van der Waals surface area contributed by atoms with Gasteiger partial charge in [-0.25, -0.2) is 0 Å². The van der Waals surface area contributed by atoms with E-state index in [0.717, 1.165) is 11.1 Å². The lowest BCUT2D eigenvalue weighted by Gasteiger charge is -2.10. The van der Waals surface area contributed by atoms with Crippen LogP contribution < -0.4 is 10.1 Å². The summed E-state index contributed by atoms with van der Waals surface area (Å²) in [6.07, 6.45) is 0.618. The van der Waals surface area contributed by atoms with E-state index >= 15 is 0 Å². The average Bonchev–Trinajstić information content (AvgIpc) is 3.10. The van der Waals surface area contributed by atoms with Crippen LogP contribution in [-0.2, 0) is 11.2 Å². The molecule has 1 aromatic heterocycles. The molecule has 0 atom stereocenters. The zero-order valence-electron chi connectivity index (χ0n) is 14.2. The second-order valence-electron chi connectivity index (χ2n) is 5.63. The molecule has 6 heteroatoms. The van der Waals surface area contributed by atoms with Gasteiger partial charge in [-0.05, 0) is 24.6 Å². The molecule has 1 N–H and O–H groups in total. The highest BCUT2D eigenvalue weighted by atomic mass is 16.5. The standard InChI is InChI=1S/C19H19N3O3/c1-13-8-9-16(24-2)15(12-13)20-17(23)10-11-18-21-19(22-25-18)14-6-4-3-5-7-14/h3-9,12H,10-11H2,1-2H3,(H,20,23). The van der Waals surface area contributed by atoms with Gasteiger partial charge in [-0.15, -0.1) is 0 Å². The van der Waals surface area contributed by atoms with Crippen molar-refractivity contribution in [3.63, 3.8) is 0 Å². The van der Waals surface area contributed by atoms with Crippen LogP contribution >= 0.6 is 0 Å². The zero-order valence-corrected chi connectivity index (χ0v) is 14.2. The molecule has 128 valence electrons. The van der Waals surface area contributed by atoms with Crippen molar-refractivity contribution >= 4 is 11.6 Å². The van der Waals surface area contributed by atoms with Gasteiger partial charge in [0.1, 0.15) is 5.75 Å². The maximum absolute atomic E-state index is 12.2. The number of methoxy groups -OCH3 is 1. The van der Waals surface area contributed by atoms with Crippen LogP contribution in [0, 0.1) is 6.92 Å². The van der Waals surface area contributed by atoms with Crippen LogP contribution in [0.4, 0.5) is 5.69 Å². The van der Waals surface area contributed by atoms with Crippen molar-refractivity contribution in [3.05, 3.63) is 60.0 Å². The van der Waals surface area contributed by atoms with Crippen molar-refractivity contribution < 1.29 is 14.1 Å². The van der Waals surface area contributed by atoms with E-state index in [1.54, 1.807) is 7.11 Å². The van der Waals surface area contributed by atoms with Crippen molar-refractivity contribution in [1.29, 1.82) is 0 Å². The fraction of sp³-hybridized carbons (Fsp3) is 0.211. The second-order valence-corrected chi connectivity index (χ2v) is 5.63. The Morgan fingerprint density at radius 1 is 1.20 bits per heavy atom. The number of benzene rings is 2. The number of nitrogens with one attached hydrogen (secondary N) is 1. The average molecular weight is 337 g/mol. The Hall–Kier alpha value is -3.15. The predicted octanol–water partition coefficient (Wildman–Crippen LogP) is 3.62. The first kappa shape index (κ1) is 16.7. The van der Waals surface area contributed by atoms with E-state index in [1.807, 2.05) is 55.5 Å². The fourth-order valence-corrected chi connectivity index (χ4v) is 2.41. The summed E-state index contributed by atoms with van der Waals surface area (Å²) in [5.41, 5.74) is 2.58. The molecule has 0 saturated heterocycles. The molecule has 25 heavy (non-hydrogen) atoms. The molecule has 0 fully saturated rings. The summed E-state index contributed by atoms with van der Waals surface area (Å²) < 4.78 is 10.5. The number of amides is 1. The third-order valence-corrected chi connectivity index (χ3v) is 3.70. The molecule has 1 amide bonds. The smallest absolute Gasteiger partial charge is 0.227 e. The molecule has 6 nitrogen and oxygen atoms in total. The van der Waals surface area contributed by atoms with Crippen LogP contribution in [0.15, 0.2) is 53.1 Å². The summed E-state index contributed by atoms with van der Waals surface area (Å²) in [6, 6.07) is 15.2. The number of hydrogen-bond acceptors (Lipinski definition) is 5. The summed E-state index contributed by atoms with van der Waals surface area (Å²) in [7, 11) is 1.57. The number of aromatic nitrogens is 2. The van der Waals surface area contributed by atoms with E-state index in [4.69, 9.17) is 9.26 Å². The maximum atomic E-state index is 12.2. The van der Waals surface area contributed by atoms with Gasteiger partial charge in [-0.1, -0.05) is 41.6 Å². The van der Waals surface area contributed by atoms with Gasteiger partial charge >= 0.3 is 0 Å². The van der Waals surface area contributed by atoms with E-state index in [9.17, 15) is 4.79 Å². The van der Waals surface area contributed by atoms with E-state index < -0.39 is 0 Å². The van der Waals surface area contributed by atoms with E-state index in [-0.39, 0.29) is 12.3 Å². The Labute approximate surface area is 145 Å². The minimum absolute atomic E-state index is 0.136. The number of ether oxygens (including phenoxy) is 1. The van der Waals surface area contributed by atoms with E-state index in [0.29, 0.717) is 29.6 Å².